The second kappa shape index (κ2) is 8.43. The van der Waals surface area contributed by atoms with Crippen molar-refractivity contribution in [3.8, 4) is 0 Å². The number of hydrogen-bond donors (Lipinski definition) is 1. The van der Waals surface area contributed by atoms with E-state index in [0.29, 0.717) is 10.8 Å². The van der Waals surface area contributed by atoms with E-state index >= 15 is 0 Å². The molecule has 1 heterocycles. The summed E-state index contributed by atoms with van der Waals surface area (Å²) in [5, 5.41) is 3.76. The summed E-state index contributed by atoms with van der Waals surface area (Å²) < 4.78 is 1.91. The first-order valence-electron chi connectivity index (χ1n) is 8.25. The standard InChI is InChI=1S/C20H20ClN3OS/c1-14-5-3-4-6-17(14)26-13-18(25)23-19(20-22-11-12-24(20)2)15-7-9-16(21)10-8-15/h3-12,19H,13H2,1-2H3,(H,23,25)/t19-/m0/s1. The van der Waals surface area contributed by atoms with Crippen molar-refractivity contribution in [1.82, 2.24) is 14.9 Å². The number of nitrogens with one attached hydrogen (secondary N) is 1. The fourth-order valence-corrected chi connectivity index (χ4v) is 3.64. The quantitative estimate of drug-likeness (QED) is 0.640. The summed E-state index contributed by atoms with van der Waals surface area (Å²) in [5.74, 6) is 1.09. The van der Waals surface area contributed by atoms with Crippen LogP contribution in [0, 0.1) is 6.92 Å². The van der Waals surface area contributed by atoms with Gasteiger partial charge in [-0.2, -0.15) is 0 Å². The lowest BCUT2D eigenvalue weighted by Gasteiger charge is -2.19. The van der Waals surface area contributed by atoms with Crippen LogP contribution in [0.2, 0.25) is 5.02 Å². The van der Waals surface area contributed by atoms with Gasteiger partial charge in [-0.3, -0.25) is 4.79 Å². The molecule has 0 saturated carbocycles. The molecule has 1 N–H and O–H groups in total. The number of imidazole rings is 1. The van der Waals surface area contributed by atoms with Crippen molar-refractivity contribution in [2.24, 2.45) is 7.05 Å². The van der Waals surface area contributed by atoms with Gasteiger partial charge in [0, 0.05) is 29.4 Å². The lowest BCUT2D eigenvalue weighted by Crippen LogP contribution is -2.32. The highest BCUT2D eigenvalue weighted by molar-refractivity contribution is 8.00. The number of carbonyl (C=O) groups is 1. The summed E-state index contributed by atoms with van der Waals surface area (Å²) in [5.41, 5.74) is 2.11. The highest BCUT2D eigenvalue weighted by atomic mass is 35.5. The Hall–Kier alpha value is -2.24. The van der Waals surface area contributed by atoms with Crippen LogP contribution in [0.15, 0.2) is 65.8 Å². The molecule has 3 aromatic rings. The van der Waals surface area contributed by atoms with Crippen LogP contribution in [0.4, 0.5) is 0 Å². The Morgan fingerprint density at radius 3 is 2.62 bits per heavy atom. The molecule has 4 nitrogen and oxygen atoms in total. The lowest BCUT2D eigenvalue weighted by atomic mass is 10.1. The highest BCUT2D eigenvalue weighted by Crippen LogP contribution is 2.24. The molecule has 134 valence electrons. The molecule has 1 atom stereocenters. The molecular formula is C20H20ClN3OS. The van der Waals surface area contributed by atoms with Crippen molar-refractivity contribution in [3.05, 3.63) is 82.9 Å². The van der Waals surface area contributed by atoms with Gasteiger partial charge in [0.25, 0.3) is 0 Å². The predicted molar refractivity (Wildman–Crippen MR) is 107 cm³/mol. The van der Waals surface area contributed by atoms with Crippen molar-refractivity contribution in [3.63, 3.8) is 0 Å². The number of amides is 1. The van der Waals surface area contributed by atoms with E-state index < -0.39 is 0 Å². The number of aryl methyl sites for hydroxylation is 2. The van der Waals surface area contributed by atoms with E-state index in [1.54, 1.807) is 6.20 Å². The number of benzene rings is 2. The maximum absolute atomic E-state index is 12.6. The van der Waals surface area contributed by atoms with Crippen molar-refractivity contribution in [2.75, 3.05) is 5.75 Å². The molecule has 1 amide bonds. The number of carbonyl (C=O) groups excluding carboxylic acids is 1. The molecule has 0 unspecified atom stereocenters. The molecule has 3 rings (SSSR count). The van der Waals surface area contributed by atoms with Crippen LogP contribution in [0.25, 0.3) is 0 Å². The average molecular weight is 386 g/mol. The summed E-state index contributed by atoms with van der Waals surface area (Å²) in [6.07, 6.45) is 3.60. The molecule has 6 heteroatoms. The second-order valence-corrected chi connectivity index (χ2v) is 7.46. The Bertz CT molecular complexity index is 892. The Morgan fingerprint density at radius 2 is 1.96 bits per heavy atom. The van der Waals surface area contributed by atoms with E-state index in [9.17, 15) is 4.79 Å². The first-order chi connectivity index (χ1) is 12.5. The summed E-state index contributed by atoms with van der Waals surface area (Å²) >= 11 is 7.53. The van der Waals surface area contributed by atoms with E-state index in [1.165, 1.54) is 17.3 Å². The molecule has 26 heavy (non-hydrogen) atoms. The van der Waals surface area contributed by atoms with Crippen molar-refractivity contribution >= 4 is 29.3 Å². The topological polar surface area (TPSA) is 46.9 Å². The largest absolute Gasteiger partial charge is 0.341 e. The zero-order chi connectivity index (χ0) is 18.5. The molecule has 0 aliphatic heterocycles. The van der Waals surface area contributed by atoms with Gasteiger partial charge in [-0.1, -0.05) is 41.9 Å². The van der Waals surface area contributed by atoms with Gasteiger partial charge in [0.05, 0.1) is 5.75 Å². The van der Waals surface area contributed by atoms with Gasteiger partial charge in [0.2, 0.25) is 5.91 Å². The first kappa shape index (κ1) is 18.5. The van der Waals surface area contributed by atoms with Crippen LogP contribution < -0.4 is 5.32 Å². The third kappa shape index (κ3) is 4.48. The van der Waals surface area contributed by atoms with Crippen molar-refractivity contribution in [2.45, 2.75) is 17.9 Å². The number of aromatic nitrogens is 2. The van der Waals surface area contributed by atoms with Gasteiger partial charge in [-0.05, 0) is 36.2 Å². The minimum absolute atomic E-state index is 0.0406. The van der Waals surface area contributed by atoms with Gasteiger partial charge in [-0.25, -0.2) is 4.98 Å². The van der Waals surface area contributed by atoms with E-state index in [1.807, 2.05) is 73.3 Å². The van der Waals surface area contributed by atoms with Gasteiger partial charge in [0.15, 0.2) is 0 Å². The predicted octanol–water partition coefficient (Wildman–Crippen LogP) is 4.38. The van der Waals surface area contributed by atoms with Crippen molar-refractivity contribution in [1.29, 1.82) is 0 Å². The molecule has 0 aliphatic rings. The maximum atomic E-state index is 12.6. The van der Waals surface area contributed by atoms with E-state index in [-0.39, 0.29) is 11.9 Å². The summed E-state index contributed by atoms with van der Waals surface area (Å²) in [7, 11) is 1.92. The fourth-order valence-electron chi connectivity index (χ4n) is 2.67. The summed E-state index contributed by atoms with van der Waals surface area (Å²) in [6.45, 7) is 2.05. The minimum atomic E-state index is -0.322. The number of rotatable bonds is 6. The Balaban J connectivity index is 1.75. The van der Waals surface area contributed by atoms with Crippen LogP contribution in [0.5, 0.6) is 0 Å². The zero-order valence-corrected chi connectivity index (χ0v) is 16.2. The number of hydrogen-bond acceptors (Lipinski definition) is 3. The summed E-state index contributed by atoms with van der Waals surface area (Å²) in [6, 6.07) is 15.2. The highest BCUT2D eigenvalue weighted by Gasteiger charge is 2.20. The van der Waals surface area contributed by atoms with E-state index in [4.69, 9.17) is 11.6 Å². The van der Waals surface area contributed by atoms with Gasteiger partial charge in [0.1, 0.15) is 11.9 Å². The molecule has 2 aromatic carbocycles. The molecule has 0 radical (unpaired) electrons. The third-order valence-corrected chi connectivity index (χ3v) is 5.51. The molecule has 0 fully saturated rings. The monoisotopic (exact) mass is 385 g/mol. The third-order valence-electron chi connectivity index (χ3n) is 4.08. The van der Waals surface area contributed by atoms with Gasteiger partial charge >= 0.3 is 0 Å². The van der Waals surface area contributed by atoms with Crippen LogP contribution in [-0.4, -0.2) is 21.2 Å². The molecule has 0 aliphatic carbocycles. The number of thioether (sulfide) groups is 1. The minimum Gasteiger partial charge on any atom is -0.341 e. The fraction of sp³-hybridized carbons (Fsp3) is 0.200. The number of halogens is 1. The SMILES string of the molecule is Cc1ccccc1SCC(=O)N[C@@H](c1ccc(Cl)cc1)c1nccn1C. The van der Waals surface area contributed by atoms with E-state index in [0.717, 1.165) is 16.3 Å². The van der Waals surface area contributed by atoms with Crippen LogP contribution >= 0.6 is 23.4 Å². The lowest BCUT2D eigenvalue weighted by molar-refractivity contribution is -0.119. The van der Waals surface area contributed by atoms with Crippen LogP contribution in [-0.2, 0) is 11.8 Å². The Labute approximate surface area is 162 Å². The Kier molecular flexibility index (Phi) is 6.01. The van der Waals surface area contributed by atoms with Gasteiger partial charge < -0.3 is 9.88 Å². The molecule has 0 bridgehead atoms. The molecule has 0 spiro atoms. The summed E-state index contributed by atoms with van der Waals surface area (Å²) in [4.78, 5) is 18.1. The Morgan fingerprint density at radius 1 is 1.23 bits per heavy atom. The number of nitrogens with zero attached hydrogens (tertiary/aromatic N) is 2. The first-order valence-corrected chi connectivity index (χ1v) is 9.61. The zero-order valence-electron chi connectivity index (χ0n) is 14.6. The van der Waals surface area contributed by atoms with Gasteiger partial charge in [-0.15, -0.1) is 11.8 Å². The van der Waals surface area contributed by atoms with Crippen LogP contribution in [0.1, 0.15) is 23.0 Å². The molecule has 0 saturated heterocycles. The van der Waals surface area contributed by atoms with Crippen molar-refractivity contribution < 1.29 is 4.79 Å². The maximum Gasteiger partial charge on any atom is 0.231 e. The average Bonchev–Trinajstić information content (AvgIpc) is 3.05. The van der Waals surface area contributed by atoms with Crippen LogP contribution in [0.3, 0.4) is 0 Å². The van der Waals surface area contributed by atoms with E-state index in [2.05, 4.69) is 10.3 Å². The normalized spacial score (nSPS) is 12.0. The smallest absolute Gasteiger partial charge is 0.231 e. The second-order valence-electron chi connectivity index (χ2n) is 6.00. The molecular weight excluding hydrogens is 366 g/mol. The molecule has 1 aromatic heterocycles.